The molecule has 1 aromatic heterocycles. The van der Waals surface area contributed by atoms with Crippen LogP contribution in [0.5, 0.6) is 0 Å². The summed E-state index contributed by atoms with van der Waals surface area (Å²) in [5, 5.41) is 3.44. The number of piperazine rings is 1. The van der Waals surface area contributed by atoms with Crippen LogP contribution >= 0.6 is 0 Å². The molecule has 1 fully saturated rings. The topological polar surface area (TPSA) is 28.2 Å². The van der Waals surface area contributed by atoms with Crippen LogP contribution in [-0.2, 0) is 0 Å². The van der Waals surface area contributed by atoms with Gasteiger partial charge in [-0.2, -0.15) is 4.39 Å². The van der Waals surface area contributed by atoms with Crippen LogP contribution in [0.25, 0.3) is 0 Å². The van der Waals surface area contributed by atoms with Crippen LogP contribution in [0.1, 0.15) is 13.8 Å². The monoisotopic (exact) mass is 209 g/mol. The van der Waals surface area contributed by atoms with E-state index in [1.807, 2.05) is 6.07 Å². The predicted molar refractivity (Wildman–Crippen MR) is 58.5 cm³/mol. The molecule has 0 saturated carbocycles. The van der Waals surface area contributed by atoms with Crippen molar-refractivity contribution >= 4 is 5.69 Å². The quantitative estimate of drug-likeness (QED) is 0.709. The molecule has 2 heterocycles. The molecule has 1 aromatic rings. The fourth-order valence-electron chi connectivity index (χ4n) is 2.13. The molecule has 15 heavy (non-hydrogen) atoms. The molecule has 1 aliphatic heterocycles. The van der Waals surface area contributed by atoms with Gasteiger partial charge in [0.1, 0.15) is 0 Å². The molecule has 1 aliphatic rings. The van der Waals surface area contributed by atoms with Crippen LogP contribution in [-0.4, -0.2) is 30.2 Å². The van der Waals surface area contributed by atoms with E-state index < -0.39 is 5.95 Å². The van der Waals surface area contributed by atoms with Gasteiger partial charge in [-0.05, 0) is 19.9 Å². The smallest absolute Gasteiger partial charge is 0.214 e. The van der Waals surface area contributed by atoms with Gasteiger partial charge in [0.2, 0.25) is 5.95 Å². The van der Waals surface area contributed by atoms with Gasteiger partial charge in [0.05, 0.1) is 0 Å². The molecule has 1 N–H and O–H groups in total. The Morgan fingerprint density at radius 3 is 2.67 bits per heavy atom. The second kappa shape index (κ2) is 4.14. The number of hydrogen-bond acceptors (Lipinski definition) is 3. The molecule has 0 aromatic carbocycles. The number of anilines is 1. The summed E-state index contributed by atoms with van der Waals surface area (Å²) >= 11 is 0. The third-order valence-corrected chi connectivity index (χ3v) is 2.63. The molecule has 2 rings (SSSR count). The van der Waals surface area contributed by atoms with Crippen LogP contribution < -0.4 is 10.2 Å². The van der Waals surface area contributed by atoms with Crippen molar-refractivity contribution in [3.63, 3.8) is 0 Å². The first-order valence-corrected chi connectivity index (χ1v) is 5.27. The molecular weight excluding hydrogens is 193 g/mol. The van der Waals surface area contributed by atoms with Gasteiger partial charge in [-0.1, -0.05) is 0 Å². The summed E-state index contributed by atoms with van der Waals surface area (Å²) in [7, 11) is 0. The van der Waals surface area contributed by atoms with E-state index in [-0.39, 0.29) is 0 Å². The third-order valence-electron chi connectivity index (χ3n) is 2.63. The molecule has 2 unspecified atom stereocenters. The number of rotatable bonds is 1. The summed E-state index contributed by atoms with van der Waals surface area (Å²) in [6, 6.07) is 4.22. The highest BCUT2D eigenvalue weighted by Crippen LogP contribution is 2.17. The number of pyridine rings is 1. The van der Waals surface area contributed by atoms with Crippen LogP contribution in [0.15, 0.2) is 18.3 Å². The molecule has 0 aliphatic carbocycles. The minimum atomic E-state index is -0.411. The van der Waals surface area contributed by atoms with Gasteiger partial charge in [-0.15, -0.1) is 0 Å². The standard InChI is InChI=1S/C11H16FN3/c1-8-6-15(7-9(2)14-8)10-3-4-13-11(12)5-10/h3-5,8-9,14H,6-7H2,1-2H3. The van der Waals surface area contributed by atoms with Gasteiger partial charge in [0.25, 0.3) is 0 Å². The van der Waals surface area contributed by atoms with Crippen molar-refractivity contribution in [3.8, 4) is 0 Å². The fourth-order valence-corrected chi connectivity index (χ4v) is 2.13. The van der Waals surface area contributed by atoms with E-state index in [9.17, 15) is 4.39 Å². The fraction of sp³-hybridized carbons (Fsp3) is 0.545. The van der Waals surface area contributed by atoms with Crippen molar-refractivity contribution in [2.45, 2.75) is 25.9 Å². The van der Waals surface area contributed by atoms with Gasteiger partial charge in [0, 0.05) is 43.1 Å². The van der Waals surface area contributed by atoms with Gasteiger partial charge in [0.15, 0.2) is 0 Å². The SMILES string of the molecule is CC1CN(c2ccnc(F)c2)CC(C)N1. The normalized spacial score (nSPS) is 26.7. The Labute approximate surface area is 89.3 Å². The van der Waals surface area contributed by atoms with Crippen molar-refractivity contribution in [2.75, 3.05) is 18.0 Å². The zero-order valence-corrected chi connectivity index (χ0v) is 9.07. The highest BCUT2D eigenvalue weighted by Gasteiger charge is 2.21. The van der Waals surface area contributed by atoms with E-state index in [1.54, 1.807) is 0 Å². The van der Waals surface area contributed by atoms with Crippen molar-refractivity contribution in [1.82, 2.24) is 10.3 Å². The van der Waals surface area contributed by atoms with E-state index in [4.69, 9.17) is 0 Å². The molecule has 0 amide bonds. The van der Waals surface area contributed by atoms with Crippen molar-refractivity contribution in [3.05, 3.63) is 24.3 Å². The minimum absolute atomic E-state index is 0.411. The van der Waals surface area contributed by atoms with Crippen molar-refractivity contribution in [1.29, 1.82) is 0 Å². The lowest BCUT2D eigenvalue weighted by atomic mass is 10.1. The second-order valence-corrected chi connectivity index (χ2v) is 4.21. The molecule has 2 atom stereocenters. The predicted octanol–water partition coefficient (Wildman–Crippen LogP) is 1.41. The summed E-state index contributed by atoms with van der Waals surface area (Å²) in [5.74, 6) is -0.411. The first-order valence-electron chi connectivity index (χ1n) is 5.27. The first kappa shape index (κ1) is 10.4. The minimum Gasteiger partial charge on any atom is -0.368 e. The average molecular weight is 209 g/mol. The Kier molecular flexibility index (Phi) is 2.86. The van der Waals surface area contributed by atoms with Crippen LogP contribution in [0.2, 0.25) is 0 Å². The summed E-state index contributed by atoms with van der Waals surface area (Å²) in [5.41, 5.74) is 0.919. The average Bonchev–Trinajstić information content (AvgIpc) is 2.16. The highest BCUT2D eigenvalue weighted by atomic mass is 19.1. The summed E-state index contributed by atoms with van der Waals surface area (Å²) in [4.78, 5) is 5.75. The maximum atomic E-state index is 13.0. The molecule has 0 spiro atoms. The first-order chi connectivity index (χ1) is 7.15. The Balaban J connectivity index is 2.16. The third kappa shape index (κ3) is 2.45. The molecule has 4 heteroatoms. The summed E-state index contributed by atoms with van der Waals surface area (Å²) in [6.45, 7) is 6.10. The zero-order valence-electron chi connectivity index (χ0n) is 9.07. The van der Waals surface area contributed by atoms with Crippen LogP contribution in [0, 0.1) is 5.95 Å². The van der Waals surface area contributed by atoms with Gasteiger partial charge >= 0.3 is 0 Å². The Morgan fingerprint density at radius 1 is 1.40 bits per heavy atom. The lowest BCUT2D eigenvalue weighted by Gasteiger charge is -2.37. The van der Waals surface area contributed by atoms with Crippen molar-refractivity contribution in [2.24, 2.45) is 0 Å². The highest BCUT2D eigenvalue weighted by molar-refractivity contribution is 5.45. The number of halogens is 1. The summed E-state index contributed by atoms with van der Waals surface area (Å²) in [6.07, 6.45) is 1.52. The van der Waals surface area contributed by atoms with Crippen molar-refractivity contribution < 1.29 is 4.39 Å². The molecule has 1 saturated heterocycles. The Bertz CT molecular complexity index is 332. The molecule has 0 radical (unpaired) electrons. The second-order valence-electron chi connectivity index (χ2n) is 4.21. The molecule has 0 bridgehead atoms. The number of hydrogen-bond donors (Lipinski definition) is 1. The molecule has 82 valence electrons. The maximum absolute atomic E-state index is 13.0. The Hall–Kier alpha value is -1.16. The van der Waals surface area contributed by atoms with E-state index in [0.29, 0.717) is 12.1 Å². The maximum Gasteiger partial charge on any atom is 0.214 e. The summed E-state index contributed by atoms with van der Waals surface area (Å²) < 4.78 is 13.0. The largest absolute Gasteiger partial charge is 0.368 e. The van der Waals surface area contributed by atoms with Gasteiger partial charge < -0.3 is 10.2 Å². The molecule has 3 nitrogen and oxygen atoms in total. The number of nitrogens with zero attached hydrogens (tertiary/aromatic N) is 2. The van der Waals surface area contributed by atoms with Crippen LogP contribution in [0.4, 0.5) is 10.1 Å². The van der Waals surface area contributed by atoms with Gasteiger partial charge in [-0.25, -0.2) is 4.98 Å². The van der Waals surface area contributed by atoms with E-state index in [2.05, 4.69) is 29.0 Å². The lowest BCUT2D eigenvalue weighted by molar-refractivity contribution is 0.406. The van der Waals surface area contributed by atoms with Crippen LogP contribution in [0.3, 0.4) is 0 Å². The molecular formula is C11H16FN3. The van der Waals surface area contributed by atoms with E-state index in [1.165, 1.54) is 12.3 Å². The zero-order chi connectivity index (χ0) is 10.8. The van der Waals surface area contributed by atoms with E-state index in [0.717, 1.165) is 18.8 Å². The van der Waals surface area contributed by atoms with E-state index >= 15 is 0 Å². The lowest BCUT2D eigenvalue weighted by Crippen LogP contribution is -2.54. The van der Waals surface area contributed by atoms with Gasteiger partial charge in [-0.3, -0.25) is 0 Å². The number of aromatic nitrogens is 1. The Morgan fingerprint density at radius 2 is 2.07 bits per heavy atom. The number of nitrogens with one attached hydrogen (secondary N) is 1.